The SMILES string of the molecule is Cc1cncc(C(=O)C2CC3COCC(C2)N3Cc2ccccc2)n1. The van der Waals surface area contributed by atoms with E-state index in [1.807, 2.05) is 13.0 Å². The van der Waals surface area contributed by atoms with E-state index >= 15 is 0 Å². The molecule has 2 unspecified atom stereocenters. The van der Waals surface area contributed by atoms with Crippen LogP contribution in [-0.2, 0) is 11.3 Å². The lowest BCUT2D eigenvalue weighted by Gasteiger charge is -2.48. The van der Waals surface area contributed by atoms with Gasteiger partial charge in [-0.25, -0.2) is 4.98 Å². The number of Topliss-reactive ketones (excluding diaryl/α,β-unsaturated/α-hetero) is 1. The Bertz CT molecular complexity index is 736. The Morgan fingerprint density at radius 2 is 1.88 bits per heavy atom. The third-order valence-corrected chi connectivity index (χ3v) is 5.26. The molecule has 1 aromatic heterocycles. The standard InChI is InChI=1S/C20H23N3O2/c1-14-9-21-10-19(22-14)20(24)16-7-17-12-25-13-18(8-16)23(17)11-15-5-3-2-4-6-15/h2-6,9-10,16-18H,7-8,11-13H2,1H3. The number of morpholine rings is 1. The molecule has 130 valence electrons. The van der Waals surface area contributed by atoms with Crippen LogP contribution in [0.2, 0.25) is 0 Å². The lowest BCUT2D eigenvalue weighted by Crippen LogP contribution is -2.57. The van der Waals surface area contributed by atoms with Crippen LogP contribution in [0.3, 0.4) is 0 Å². The van der Waals surface area contributed by atoms with Gasteiger partial charge in [0.1, 0.15) is 5.69 Å². The van der Waals surface area contributed by atoms with Crippen molar-refractivity contribution in [3.8, 4) is 0 Å². The van der Waals surface area contributed by atoms with E-state index < -0.39 is 0 Å². The smallest absolute Gasteiger partial charge is 0.185 e. The van der Waals surface area contributed by atoms with Gasteiger partial charge in [0.15, 0.2) is 5.78 Å². The van der Waals surface area contributed by atoms with Gasteiger partial charge in [-0.1, -0.05) is 30.3 Å². The first kappa shape index (κ1) is 16.4. The number of ketones is 1. The van der Waals surface area contributed by atoms with Crippen molar-refractivity contribution >= 4 is 5.78 Å². The van der Waals surface area contributed by atoms with Crippen molar-refractivity contribution in [2.45, 2.75) is 38.4 Å². The molecule has 0 amide bonds. The van der Waals surface area contributed by atoms with E-state index in [-0.39, 0.29) is 11.7 Å². The van der Waals surface area contributed by atoms with E-state index in [0.717, 1.165) is 25.1 Å². The Balaban J connectivity index is 1.50. The van der Waals surface area contributed by atoms with Crippen molar-refractivity contribution < 1.29 is 9.53 Å². The summed E-state index contributed by atoms with van der Waals surface area (Å²) >= 11 is 0. The van der Waals surface area contributed by atoms with Crippen molar-refractivity contribution in [1.29, 1.82) is 0 Å². The van der Waals surface area contributed by atoms with Gasteiger partial charge in [-0.15, -0.1) is 0 Å². The Morgan fingerprint density at radius 3 is 2.56 bits per heavy atom. The molecule has 2 fully saturated rings. The molecule has 2 aromatic rings. The van der Waals surface area contributed by atoms with Gasteiger partial charge < -0.3 is 4.74 Å². The molecule has 2 saturated heterocycles. The number of benzene rings is 1. The third-order valence-electron chi connectivity index (χ3n) is 5.26. The normalized spacial score (nSPS) is 26.4. The van der Waals surface area contributed by atoms with E-state index in [4.69, 9.17) is 4.74 Å². The molecule has 2 aliphatic heterocycles. The zero-order chi connectivity index (χ0) is 17.2. The molecule has 2 atom stereocenters. The van der Waals surface area contributed by atoms with Crippen molar-refractivity contribution in [1.82, 2.24) is 14.9 Å². The monoisotopic (exact) mass is 337 g/mol. The Kier molecular flexibility index (Phi) is 4.59. The van der Waals surface area contributed by atoms with Gasteiger partial charge in [0.25, 0.3) is 0 Å². The predicted molar refractivity (Wildman–Crippen MR) is 94.2 cm³/mol. The maximum atomic E-state index is 12.9. The van der Waals surface area contributed by atoms with Crippen LogP contribution in [0, 0.1) is 12.8 Å². The Hall–Kier alpha value is -2.11. The van der Waals surface area contributed by atoms with Crippen molar-refractivity contribution in [2.24, 2.45) is 5.92 Å². The molecule has 0 radical (unpaired) electrons. The molecule has 0 saturated carbocycles. The van der Waals surface area contributed by atoms with Gasteiger partial charge in [-0.3, -0.25) is 14.7 Å². The number of aromatic nitrogens is 2. The highest BCUT2D eigenvalue weighted by molar-refractivity contribution is 5.96. The molecule has 5 heteroatoms. The zero-order valence-corrected chi connectivity index (χ0v) is 14.5. The minimum atomic E-state index is 0.0158. The van der Waals surface area contributed by atoms with E-state index in [2.05, 4.69) is 39.1 Å². The number of carbonyl (C=O) groups excluding carboxylic acids is 1. The van der Waals surface area contributed by atoms with Crippen molar-refractivity contribution in [3.63, 3.8) is 0 Å². The van der Waals surface area contributed by atoms with E-state index in [9.17, 15) is 4.79 Å². The van der Waals surface area contributed by atoms with Crippen LogP contribution in [0.15, 0.2) is 42.7 Å². The fourth-order valence-electron chi connectivity index (χ4n) is 4.05. The van der Waals surface area contributed by atoms with Crippen LogP contribution in [0.25, 0.3) is 0 Å². The summed E-state index contributed by atoms with van der Waals surface area (Å²) in [6.45, 7) is 4.19. The quantitative estimate of drug-likeness (QED) is 0.803. The van der Waals surface area contributed by atoms with Gasteiger partial charge in [0.2, 0.25) is 0 Å². The van der Waals surface area contributed by atoms with Crippen LogP contribution in [0.5, 0.6) is 0 Å². The largest absolute Gasteiger partial charge is 0.378 e. The lowest BCUT2D eigenvalue weighted by molar-refractivity contribution is -0.0873. The topological polar surface area (TPSA) is 55.3 Å². The minimum absolute atomic E-state index is 0.0158. The van der Waals surface area contributed by atoms with Crippen LogP contribution in [-0.4, -0.2) is 45.9 Å². The summed E-state index contributed by atoms with van der Waals surface area (Å²) in [7, 11) is 0. The molecule has 3 heterocycles. The molecule has 25 heavy (non-hydrogen) atoms. The summed E-state index contributed by atoms with van der Waals surface area (Å²) in [5.41, 5.74) is 2.60. The highest BCUT2D eigenvalue weighted by atomic mass is 16.5. The average Bonchev–Trinajstić information content (AvgIpc) is 2.62. The second kappa shape index (κ2) is 7.02. The van der Waals surface area contributed by atoms with Crippen LogP contribution in [0.4, 0.5) is 0 Å². The molecule has 0 spiro atoms. The number of carbonyl (C=O) groups is 1. The molecule has 1 aromatic carbocycles. The van der Waals surface area contributed by atoms with Gasteiger partial charge in [0.05, 0.1) is 25.1 Å². The van der Waals surface area contributed by atoms with Crippen molar-refractivity contribution in [3.05, 3.63) is 59.7 Å². The summed E-state index contributed by atoms with van der Waals surface area (Å²) < 4.78 is 5.78. The van der Waals surface area contributed by atoms with Crippen molar-refractivity contribution in [2.75, 3.05) is 13.2 Å². The van der Waals surface area contributed by atoms with Gasteiger partial charge in [0, 0.05) is 30.7 Å². The number of ether oxygens (including phenoxy) is 1. The summed E-state index contributed by atoms with van der Waals surface area (Å²) in [5.74, 6) is 0.148. The molecule has 2 bridgehead atoms. The van der Waals surface area contributed by atoms with Crippen LogP contribution >= 0.6 is 0 Å². The lowest BCUT2D eigenvalue weighted by atomic mass is 9.81. The maximum absolute atomic E-state index is 12.9. The first-order valence-corrected chi connectivity index (χ1v) is 8.91. The number of nitrogens with zero attached hydrogens (tertiary/aromatic N) is 3. The Labute approximate surface area is 148 Å². The zero-order valence-electron chi connectivity index (χ0n) is 14.5. The summed E-state index contributed by atoms with van der Waals surface area (Å²) in [5, 5.41) is 0. The molecule has 4 rings (SSSR count). The summed E-state index contributed by atoms with van der Waals surface area (Å²) in [6.07, 6.45) is 4.94. The average molecular weight is 337 g/mol. The predicted octanol–water partition coefficient (Wildman–Crippen LogP) is 2.65. The maximum Gasteiger partial charge on any atom is 0.185 e. The van der Waals surface area contributed by atoms with Gasteiger partial charge >= 0.3 is 0 Å². The van der Waals surface area contributed by atoms with Gasteiger partial charge in [-0.2, -0.15) is 0 Å². The van der Waals surface area contributed by atoms with E-state index in [1.54, 1.807) is 12.4 Å². The number of hydrogen-bond donors (Lipinski definition) is 0. The third kappa shape index (κ3) is 3.48. The number of hydrogen-bond acceptors (Lipinski definition) is 5. The first-order valence-electron chi connectivity index (χ1n) is 8.91. The molecule has 0 aliphatic carbocycles. The van der Waals surface area contributed by atoms with Crippen LogP contribution < -0.4 is 0 Å². The fourth-order valence-corrected chi connectivity index (χ4v) is 4.05. The van der Waals surface area contributed by atoms with E-state index in [1.165, 1.54) is 5.56 Å². The number of piperidine rings is 1. The van der Waals surface area contributed by atoms with E-state index in [0.29, 0.717) is 31.0 Å². The van der Waals surface area contributed by atoms with Crippen LogP contribution in [0.1, 0.15) is 34.6 Å². The number of aryl methyl sites for hydroxylation is 1. The molecule has 0 N–H and O–H groups in total. The summed E-state index contributed by atoms with van der Waals surface area (Å²) in [4.78, 5) is 23.9. The number of rotatable bonds is 4. The second-order valence-corrected chi connectivity index (χ2v) is 7.08. The van der Waals surface area contributed by atoms with Gasteiger partial charge in [-0.05, 0) is 25.3 Å². The second-order valence-electron chi connectivity index (χ2n) is 7.08. The summed E-state index contributed by atoms with van der Waals surface area (Å²) in [6, 6.07) is 11.1. The molecule has 5 nitrogen and oxygen atoms in total. The highest BCUT2D eigenvalue weighted by Crippen LogP contribution is 2.34. The Morgan fingerprint density at radius 1 is 1.16 bits per heavy atom. The minimum Gasteiger partial charge on any atom is -0.378 e. The first-order chi connectivity index (χ1) is 12.2. The highest BCUT2D eigenvalue weighted by Gasteiger charge is 2.41. The fraction of sp³-hybridized carbons (Fsp3) is 0.450. The molecular formula is C20H23N3O2. The molecular weight excluding hydrogens is 314 g/mol. The number of fused-ring (bicyclic) bond motifs is 2. The molecule has 2 aliphatic rings.